The Morgan fingerprint density at radius 2 is 1.92 bits per heavy atom. The monoisotopic (exact) mass is 386 g/mol. The van der Waals surface area contributed by atoms with Crippen molar-refractivity contribution in [3.8, 4) is 0 Å². The molecule has 24 heavy (non-hydrogen) atoms. The van der Waals surface area contributed by atoms with Crippen LogP contribution >= 0.6 is 23.2 Å². The maximum atomic E-state index is 12.7. The highest BCUT2D eigenvalue weighted by Crippen LogP contribution is 2.23. The van der Waals surface area contributed by atoms with Gasteiger partial charge in [0.05, 0.1) is 16.6 Å². The first-order valence-corrected chi connectivity index (χ1v) is 9.39. The summed E-state index contributed by atoms with van der Waals surface area (Å²) in [5.74, 6) is 0. The molecule has 7 nitrogen and oxygen atoms in total. The van der Waals surface area contributed by atoms with E-state index in [1.165, 1.54) is 22.6 Å². The van der Waals surface area contributed by atoms with Crippen molar-refractivity contribution in [2.24, 2.45) is 7.05 Å². The molecule has 0 radical (unpaired) electrons. The van der Waals surface area contributed by atoms with Gasteiger partial charge in [0.25, 0.3) is 5.56 Å². The molecule has 0 amide bonds. The van der Waals surface area contributed by atoms with Crippen molar-refractivity contribution in [2.45, 2.75) is 11.6 Å². The predicted molar refractivity (Wildman–Crippen MR) is 91.4 cm³/mol. The lowest BCUT2D eigenvalue weighted by molar-refractivity contribution is 0.595. The fourth-order valence-corrected chi connectivity index (χ4v) is 3.49. The predicted octanol–water partition coefficient (Wildman–Crippen LogP) is 1.89. The molecule has 0 fully saturated rings. The van der Waals surface area contributed by atoms with Gasteiger partial charge in [0, 0.05) is 13.3 Å². The summed E-state index contributed by atoms with van der Waals surface area (Å²) in [5, 5.41) is 4.39. The zero-order chi connectivity index (χ0) is 17.6. The highest BCUT2D eigenvalue weighted by Gasteiger charge is 2.22. The van der Waals surface area contributed by atoms with E-state index in [0.717, 1.165) is 11.8 Å². The van der Waals surface area contributed by atoms with E-state index < -0.39 is 15.4 Å². The summed E-state index contributed by atoms with van der Waals surface area (Å²) in [7, 11) is -2.12. The van der Waals surface area contributed by atoms with E-state index in [1.807, 2.05) is 0 Å². The SMILES string of the molecule is Cn1nc(S(C)(=O)=O)c2c(=O)n(Cc3ccc(Cl)c(Cl)c3)cnc21. The van der Waals surface area contributed by atoms with Crippen molar-refractivity contribution < 1.29 is 8.42 Å². The minimum absolute atomic E-state index is 0.0254. The number of benzene rings is 1. The van der Waals surface area contributed by atoms with Gasteiger partial charge in [-0.05, 0) is 17.7 Å². The van der Waals surface area contributed by atoms with E-state index in [4.69, 9.17) is 23.2 Å². The maximum absolute atomic E-state index is 12.7. The summed E-state index contributed by atoms with van der Waals surface area (Å²) in [6, 6.07) is 5.00. The second kappa shape index (κ2) is 5.87. The van der Waals surface area contributed by atoms with Gasteiger partial charge >= 0.3 is 0 Å². The molecule has 0 aliphatic rings. The van der Waals surface area contributed by atoms with Crippen molar-refractivity contribution in [1.29, 1.82) is 0 Å². The van der Waals surface area contributed by atoms with Crippen LogP contribution in [0.15, 0.2) is 34.3 Å². The van der Waals surface area contributed by atoms with Crippen molar-refractivity contribution in [2.75, 3.05) is 6.26 Å². The first-order valence-electron chi connectivity index (χ1n) is 6.74. The van der Waals surface area contributed by atoms with E-state index in [2.05, 4.69) is 10.1 Å². The van der Waals surface area contributed by atoms with Crippen LogP contribution in [0.2, 0.25) is 10.0 Å². The molecule has 0 bridgehead atoms. The fourth-order valence-electron chi connectivity index (χ4n) is 2.35. The van der Waals surface area contributed by atoms with E-state index in [1.54, 1.807) is 18.2 Å². The van der Waals surface area contributed by atoms with Gasteiger partial charge in [0.15, 0.2) is 20.5 Å². The fraction of sp³-hybridized carbons (Fsp3) is 0.214. The molecular weight excluding hydrogens is 375 g/mol. The third-order valence-corrected chi connectivity index (χ3v) is 5.19. The van der Waals surface area contributed by atoms with E-state index >= 15 is 0 Å². The Hall–Kier alpha value is -1.90. The van der Waals surface area contributed by atoms with Crippen molar-refractivity contribution >= 4 is 44.1 Å². The molecule has 0 aliphatic carbocycles. The minimum atomic E-state index is -3.66. The van der Waals surface area contributed by atoms with E-state index in [9.17, 15) is 13.2 Å². The van der Waals surface area contributed by atoms with Crippen LogP contribution in [0.25, 0.3) is 11.0 Å². The van der Waals surface area contributed by atoms with Gasteiger partial charge in [-0.3, -0.25) is 9.36 Å². The van der Waals surface area contributed by atoms with E-state index in [0.29, 0.717) is 10.0 Å². The van der Waals surface area contributed by atoms with Crippen molar-refractivity contribution in [1.82, 2.24) is 19.3 Å². The first-order chi connectivity index (χ1) is 11.2. The minimum Gasteiger partial charge on any atom is -0.294 e. The normalized spacial score (nSPS) is 12.0. The maximum Gasteiger partial charge on any atom is 0.266 e. The topological polar surface area (TPSA) is 86.9 Å². The lowest BCUT2D eigenvalue weighted by atomic mass is 10.2. The van der Waals surface area contributed by atoms with Gasteiger partial charge < -0.3 is 0 Å². The molecule has 3 rings (SSSR count). The number of hydrogen-bond donors (Lipinski definition) is 0. The summed E-state index contributed by atoms with van der Waals surface area (Å²) in [6.45, 7) is 0.177. The largest absolute Gasteiger partial charge is 0.294 e. The number of aromatic nitrogens is 4. The molecule has 0 atom stereocenters. The van der Waals surface area contributed by atoms with E-state index in [-0.39, 0.29) is 22.6 Å². The standard InChI is InChI=1S/C14H12Cl2N4O3S/c1-19-12-11(13(18-19)24(2,22)23)14(21)20(7-17-12)6-8-3-4-9(15)10(16)5-8/h3-5,7H,6H2,1-2H3. The van der Waals surface area contributed by atoms with Gasteiger partial charge in [-0.1, -0.05) is 29.3 Å². The van der Waals surface area contributed by atoms with Gasteiger partial charge in [0.1, 0.15) is 11.7 Å². The van der Waals surface area contributed by atoms with Crippen LogP contribution in [-0.2, 0) is 23.4 Å². The number of sulfone groups is 1. The zero-order valence-corrected chi connectivity index (χ0v) is 15.0. The molecule has 1 aromatic carbocycles. The third kappa shape index (κ3) is 2.92. The zero-order valence-electron chi connectivity index (χ0n) is 12.7. The van der Waals surface area contributed by atoms with Gasteiger partial charge in [0.2, 0.25) is 0 Å². The van der Waals surface area contributed by atoms with Crippen molar-refractivity contribution in [3.63, 3.8) is 0 Å². The Morgan fingerprint density at radius 3 is 2.54 bits per heavy atom. The Bertz CT molecular complexity index is 1120. The highest BCUT2D eigenvalue weighted by atomic mass is 35.5. The Balaban J connectivity index is 2.18. The molecular formula is C14H12Cl2N4O3S. The number of fused-ring (bicyclic) bond motifs is 1. The molecule has 10 heteroatoms. The molecule has 3 aromatic rings. The molecule has 2 heterocycles. The van der Waals surface area contributed by atoms with Crippen molar-refractivity contribution in [3.05, 3.63) is 50.5 Å². The second-order valence-corrected chi connectivity index (χ2v) is 8.07. The number of nitrogens with zero attached hydrogens (tertiary/aromatic N) is 4. The number of aryl methyl sites for hydroxylation is 1. The van der Waals surface area contributed by atoms with Crippen LogP contribution in [0.4, 0.5) is 0 Å². The number of hydrogen-bond acceptors (Lipinski definition) is 5. The quantitative estimate of drug-likeness (QED) is 0.685. The average Bonchev–Trinajstić information content (AvgIpc) is 2.84. The number of rotatable bonds is 3. The third-order valence-electron chi connectivity index (χ3n) is 3.47. The van der Waals surface area contributed by atoms with Crippen LogP contribution in [0.1, 0.15) is 5.56 Å². The second-order valence-electron chi connectivity index (χ2n) is 5.33. The molecule has 0 saturated carbocycles. The molecule has 126 valence electrons. The molecule has 0 saturated heterocycles. The highest BCUT2D eigenvalue weighted by molar-refractivity contribution is 7.90. The average molecular weight is 387 g/mol. The lowest BCUT2D eigenvalue weighted by Gasteiger charge is -2.07. The summed E-state index contributed by atoms with van der Waals surface area (Å²) < 4.78 is 26.3. The smallest absolute Gasteiger partial charge is 0.266 e. The van der Waals surface area contributed by atoms with Crippen LogP contribution in [-0.4, -0.2) is 34.0 Å². The van der Waals surface area contributed by atoms with Crippen LogP contribution in [0.5, 0.6) is 0 Å². The lowest BCUT2D eigenvalue weighted by Crippen LogP contribution is -2.22. The first kappa shape index (κ1) is 16.9. The molecule has 2 aromatic heterocycles. The van der Waals surface area contributed by atoms with Crippen LogP contribution < -0.4 is 5.56 Å². The summed E-state index contributed by atoms with van der Waals surface area (Å²) in [5.41, 5.74) is 0.461. The Morgan fingerprint density at radius 1 is 1.21 bits per heavy atom. The summed E-state index contributed by atoms with van der Waals surface area (Å²) in [6.07, 6.45) is 2.35. The Labute approximate surface area is 147 Å². The molecule has 0 spiro atoms. The summed E-state index contributed by atoms with van der Waals surface area (Å²) >= 11 is 11.9. The van der Waals surface area contributed by atoms with Gasteiger partial charge in [-0.2, -0.15) is 5.10 Å². The van der Waals surface area contributed by atoms with Gasteiger partial charge in [-0.15, -0.1) is 0 Å². The molecule has 0 N–H and O–H groups in total. The van der Waals surface area contributed by atoms with Crippen LogP contribution in [0, 0.1) is 0 Å². The summed E-state index contributed by atoms with van der Waals surface area (Å²) in [4.78, 5) is 16.9. The molecule has 0 aliphatic heterocycles. The van der Waals surface area contributed by atoms with Crippen LogP contribution in [0.3, 0.4) is 0 Å². The van der Waals surface area contributed by atoms with Gasteiger partial charge in [-0.25, -0.2) is 18.1 Å². The molecule has 0 unspecified atom stereocenters. The Kier molecular flexibility index (Phi) is 4.15. The number of halogens is 2.